The number of ether oxygens (including phenoxy) is 1. The van der Waals surface area contributed by atoms with Crippen molar-refractivity contribution in [2.75, 3.05) is 18.9 Å². The zero-order valence-electron chi connectivity index (χ0n) is 14.1. The minimum absolute atomic E-state index is 0.0488. The number of aliphatic hydroxyl groups is 2. The summed E-state index contributed by atoms with van der Waals surface area (Å²) in [6.07, 6.45) is 2.30. The van der Waals surface area contributed by atoms with E-state index < -0.39 is 6.10 Å². The monoisotopic (exact) mass is 355 g/mol. The molecule has 1 aliphatic rings. The van der Waals surface area contributed by atoms with Crippen LogP contribution in [0.4, 0.5) is 5.82 Å². The van der Waals surface area contributed by atoms with Gasteiger partial charge in [0, 0.05) is 18.4 Å². The number of anilines is 1. The largest absolute Gasteiger partial charge is 0.396 e. The number of fused-ring (bicyclic) bond motifs is 1. The molecular formula is C18H21N5O3. The topological polar surface area (TPSA) is 119 Å². The van der Waals surface area contributed by atoms with Crippen LogP contribution in [0.5, 0.6) is 0 Å². The molecule has 1 saturated carbocycles. The maximum atomic E-state index is 10.5. The van der Waals surface area contributed by atoms with Gasteiger partial charge in [0.15, 0.2) is 11.5 Å². The summed E-state index contributed by atoms with van der Waals surface area (Å²) >= 11 is 0. The van der Waals surface area contributed by atoms with Gasteiger partial charge in [0.05, 0.1) is 31.7 Å². The summed E-state index contributed by atoms with van der Waals surface area (Å²) in [5.74, 6) is 0.0119. The van der Waals surface area contributed by atoms with E-state index in [0.29, 0.717) is 30.2 Å². The van der Waals surface area contributed by atoms with Crippen molar-refractivity contribution >= 4 is 17.0 Å². The molecule has 136 valence electrons. The lowest BCUT2D eigenvalue weighted by atomic mass is 9.67. The highest BCUT2D eigenvalue weighted by atomic mass is 16.5. The third kappa shape index (κ3) is 2.82. The molecule has 0 amide bonds. The first kappa shape index (κ1) is 16.9. The van der Waals surface area contributed by atoms with Crippen molar-refractivity contribution in [2.45, 2.75) is 18.8 Å². The van der Waals surface area contributed by atoms with Gasteiger partial charge in [0.2, 0.25) is 0 Å². The second kappa shape index (κ2) is 6.99. The van der Waals surface area contributed by atoms with Gasteiger partial charge >= 0.3 is 0 Å². The predicted octanol–water partition coefficient (Wildman–Crippen LogP) is 0.766. The van der Waals surface area contributed by atoms with Crippen molar-refractivity contribution in [3.8, 4) is 0 Å². The molecule has 4 N–H and O–H groups in total. The molecule has 0 spiro atoms. The Morgan fingerprint density at radius 3 is 2.69 bits per heavy atom. The van der Waals surface area contributed by atoms with E-state index in [-0.39, 0.29) is 24.5 Å². The van der Waals surface area contributed by atoms with Gasteiger partial charge in [-0.2, -0.15) is 0 Å². The van der Waals surface area contributed by atoms with E-state index in [1.807, 2.05) is 30.3 Å². The Morgan fingerprint density at radius 2 is 1.92 bits per heavy atom. The summed E-state index contributed by atoms with van der Waals surface area (Å²) in [6.45, 7) is 0.807. The Hall–Kier alpha value is -2.55. The van der Waals surface area contributed by atoms with Gasteiger partial charge in [-0.3, -0.25) is 0 Å². The molecule has 8 nitrogen and oxygen atoms in total. The van der Waals surface area contributed by atoms with Crippen LogP contribution in [0, 0.1) is 11.8 Å². The molecule has 3 aromatic rings. The van der Waals surface area contributed by atoms with Crippen molar-refractivity contribution in [2.24, 2.45) is 11.8 Å². The van der Waals surface area contributed by atoms with Crippen molar-refractivity contribution in [3.63, 3.8) is 0 Å². The van der Waals surface area contributed by atoms with E-state index >= 15 is 0 Å². The molecule has 1 aromatic carbocycles. The molecule has 2 heterocycles. The lowest BCUT2D eigenvalue weighted by molar-refractivity contribution is -0.136. The molecular weight excluding hydrogens is 334 g/mol. The number of hydrogen-bond acceptors (Lipinski definition) is 7. The highest BCUT2D eigenvalue weighted by Gasteiger charge is 2.51. The normalized spacial score (nSPS) is 25.3. The second-order valence-electron chi connectivity index (χ2n) is 6.58. The molecule has 0 bridgehead atoms. The molecule has 0 aliphatic heterocycles. The standard InChI is InChI=1S/C18H21N5O3/c19-17-14-18(21-9-20-17)23(10-22-14)15-13(12(6-24)16(15)25)8-26-7-11-4-2-1-3-5-11/h1-5,9-10,12-13,15-16,24-25H,6-8H2,(H2,19,20,21)/t12-,13+,15-,16-/m1/s1. The summed E-state index contributed by atoms with van der Waals surface area (Å²) in [4.78, 5) is 12.5. The van der Waals surface area contributed by atoms with Crippen LogP contribution in [0.1, 0.15) is 11.6 Å². The number of aromatic nitrogens is 4. The van der Waals surface area contributed by atoms with Crippen molar-refractivity contribution in [3.05, 3.63) is 48.5 Å². The summed E-state index contributed by atoms with van der Waals surface area (Å²) in [5.41, 5.74) is 8.01. The van der Waals surface area contributed by atoms with Gasteiger partial charge in [-0.25, -0.2) is 15.0 Å². The van der Waals surface area contributed by atoms with E-state index in [2.05, 4.69) is 15.0 Å². The SMILES string of the molecule is Nc1ncnc2c1ncn2[C@H]1[C@H](O)[C@H](CO)[C@@H]1COCc1ccccc1. The van der Waals surface area contributed by atoms with Gasteiger partial charge in [-0.05, 0) is 5.56 Å². The van der Waals surface area contributed by atoms with E-state index in [4.69, 9.17) is 10.5 Å². The number of nitrogens with two attached hydrogens (primary N) is 1. The number of nitrogen functional groups attached to an aromatic ring is 1. The summed E-state index contributed by atoms with van der Waals surface area (Å²) in [7, 11) is 0. The van der Waals surface area contributed by atoms with Crippen LogP contribution in [0.15, 0.2) is 43.0 Å². The van der Waals surface area contributed by atoms with Crippen molar-refractivity contribution in [1.29, 1.82) is 0 Å². The highest BCUT2D eigenvalue weighted by molar-refractivity contribution is 5.81. The fourth-order valence-corrected chi connectivity index (χ4v) is 3.68. The van der Waals surface area contributed by atoms with Crippen LogP contribution < -0.4 is 5.73 Å². The first-order valence-electron chi connectivity index (χ1n) is 8.54. The number of benzene rings is 1. The number of rotatable bonds is 6. The average molecular weight is 355 g/mol. The van der Waals surface area contributed by atoms with Crippen LogP contribution in [0.3, 0.4) is 0 Å². The predicted molar refractivity (Wildman–Crippen MR) is 94.9 cm³/mol. The Bertz CT molecular complexity index is 885. The minimum atomic E-state index is -0.695. The lowest BCUT2D eigenvalue weighted by Crippen LogP contribution is -2.55. The Labute approximate surface area is 150 Å². The van der Waals surface area contributed by atoms with Crippen molar-refractivity contribution < 1.29 is 14.9 Å². The average Bonchev–Trinajstić information content (AvgIpc) is 3.07. The van der Waals surface area contributed by atoms with Gasteiger partial charge in [0.25, 0.3) is 0 Å². The van der Waals surface area contributed by atoms with Gasteiger partial charge in [-0.1, -0.05) is 30.3 Å². The highest BCUT2D eigenvalue weighted by Crippen LogP contribution is 2.45. The molecule has 1 aliphatic carbocycles. The summed E-state index contributed by atoms with van der Waals surface area (Å²) in [5, 5.41) is 20.1. The van der Waals surface area contributed by atoms with Crippen LogP contribution in [0.25, 0.3) is 11.2 Å². The van der Waals surface area contributed by atoms with Crippen LogP contribution in [-0.2, 0) is 11.3 Å². The van der Waals surface area contributed by atoms with Gasteiger partial charge < -0.3 is 25.3 Å². The van der Waals surface area contributed by atoms with Crippen LogP contribution >= 0.6 is 0 Å². The van der Waals surface area contributed by atoms with Gasteiger partial charge in [-0.15, -0.1) is 0 Å². The third-order valence-corrected chi connectivity index (χ3v) is 5.12. The quantitative estimate of drug-likeness (QED) is 0.597. The fraction of sp³-hybridized carbons (Fsp3) is 0.389. The Morgan fingerprint density at radius 1 is 1.12 bits per heavy atom. The third-order valence-electron chi connectivity index (χ3n) is 5.12. The van der Waals surface area contributed by atoms with Gasteiger partial charge in [0.1, 0.15) is 11.8 Å². The Balaban J connectivity index is 1.53. The van der Waals surface area contributed by atoms with Crippen LogP contribution in [-0.4, -0.2) is 49.0 Å². The van der Waals surface area contributed by atoms with E-state index in [1.54, 1.807) is 10.9 Å². The van der Waals surface area contributed by atoms with Crippen molar-refractivity contribution in [1.82, 2.24) is 19.5 Å². The van der Waals surface area contributed by atoms with E-state index in [1.165, 1.54) is 6.33 Å². The molecule has 0 unspecified atom stereocenters. The number of aliphatic hydroxyl groups excluding tert-OH is 2. The maximum absolute atomic E-state index is 10.5. The minimum Gasteiger partial charge on any atom is -0.396 e. The number of nitrogens with zero attached hydrogens (tertiary/aromatic N) is 4. The zero-order valence-corrected chi connectivity index (χ0v) is 14.1. The van der Waals surface area contributed by atoms with E-state index in [0.717, 1.165) is 5.56 Å². The number of imidazole rings is 1. The number of hydrogen-bond donors (Lipinski definition) is 3. The zero-order chi connectivity index (χ0) is 18.1. The summed E-state index contributed by atoms with van der Waals surface area (Å²) in [6, 6.07) is 9.61. The Kier molecular flexibility index (Phi) is 4.54. The molecule has 26 heavy (non-hydrogen) atoms. The lowest BCUT2D eigenvalue weighted by Gasteiger charge is -2.48. The maximum Gasteiger partial charge on any atom is 0.165 e. The van der Waals surface area contributed by atoms with Crippen LogP contribution in [0.2, 0.25) is 0 Å². The molecule has 4 atom stereocenters. The smallest absolute Gasteiger partial charge is 0.165 e. The van der Waals surface area contributed by atoms with E-state index in [9.17, 15) is 10.2 Å². The molecule has 1 fully saturated rings. The fourth-order valence-electron chi connectivity index (χ4n) is 3.68. The summed E-state index contributed by atoms with van der Waals surface area (Å²) < 4.78 is 7.66. The second-order valence-corrected chi connectivity index (χ2v) is 6.58. The molecule has 4 rings (SSSR count). The first-order chi connectivity index (χ1) is 12.7. The molecule has 2 aromatic heterocycles. The molecule has 0 radical (unpaired) electrons. The first-order valence-corrected chi connectivity index (χ1v) is 8.54. The molecule has 8 heteroatoms. The molecule has 0 saturated heterocycles.